The number of hydrogen-bond acceptors (Lipinski definition) is 5. The molecule has 2 aliphatic rings. The van der Waals surface area contributed by atoms with Gasteiger partial charge in [0.25, 0.3) is 17.5 Å². The summed E-state index contributed by atoms with van der Waals surface area (Å²) >= 11 is 3.35. The third-order valence-corrected chi connectivity index (χ3v) is 6.76. The van der Waals surface area contributed by atoms with Gasteiger partial charge in [-0.15, -0.1) is 0 Å². The van der Waals surface area contributed by atoms with E-state index in [1.165, 1.54) is 34.7 Å². The second-order valence-corrected chi connectivity index (χ2v) is 9.34. The van der Waals surface area contributed by atoms with Crippen molar-refractivity contribution < 1.29 is 19.3 Å². The number of nitro benzene ring substituents is 1. The van der Waals surface area contributed by atoms with Crippen LogP contribution in [0.1, 0.15) is 48.9 Å². The number of rotatable bonds is 7. The molecule has 1 aliphatic carbocycles. The first-order chi connectivity index (χ1) is 16.3. The highest BCUT2D eigenvalue weighted by Crippen LogP contribution is 2.29. The van der Waals surface area contributed by atoms with Gasteiger partial charge in [0.15, 0.2) is 0 Å². The van der Waals surface area contributed by atoms with E-state index in [-0.39, 0.29) is 23.6 Å². The van der Waals surface area contributed by atoms with Crippen molar-refractivity contribution in [1.29, 1.82) is 0 Å². The summed E-state index contributed by atoms with van der Waals surface area (Å²) in [6.07, 6.45) is 6.91. The highest BCUT2D eigenvalue weighted by Gasteiger charge is 2.44. The predicted molar refractivity (Wildman–Crippen MR) is 130 cm³/mol. The van der Waals surface area contributed by atoms with E-state index in [1.54, 1.807) is 24.3 Å². The standard InChI is InChI=1S/C25H24BrN3O5/c26-19-8-12-20(13-9-19)28-23(30)16-22(25(28)32)27(15-14-17-4-2-1-3-5-17)24(31)18-6-10-21(11-7-18)29(33)34/h4,6-13,22H,1-3,5,14-16H2. The van der Waals surface area contributed by atoms with E-state index < -0.39 is 22.8 Å². The zero-order valence-electron chi connectivity index (χ0n) is 18.5. The van der Waals surface area contributed by atoms with Crippen LogP contribution in [-0.4, -0.2) is 40.1 Å². The second kappa shape index (κ2) is 10.3. The molecule has 9 heteroatoms. The topological polar surface area (TPSA) is 101 Å². The van der Waals surface area contributed by atoms with Gasteiger partial charge in [-0.25, -0.2) is 4.90 Å². The molecular formula is C25H24BrN3O5. The highest BCUT2D eigenvalue weighted by atomic mass is 79.9. The summed E-state index contributed by atoms with van der Waals surface area (Å²) < 4.78 is 0.822. The average Bonchev–Trinajstić information content (AvgIpc) is 3.14. The third kappa shape index (κ3) is 5.09. The molecule has 2 aromatic rings. The van der Waals surface area contributed by atoms with Crippen LogP contribution in [0.5, 0.6) is 0 Å². The van der Waals surface area contributed by atoms with Crippen LogP contribution in [0, 0.1) is 10.1 Å². The summed E-state index contributed by atoms with van der Waals surface area (Å²) in [4.78, 5) is 52.7. The van der Waals surface area contributed by atoms with Crippen LogP contribution in [0.2, 0.25) is 0 Å². The lowest BCUT2D eigenvalue weighted by atomic mass is 9.96. The first-order valence-electron chi connectivity index (χ1n) is 11.2. The predicted octanol–water partition coefficient (Wildman–Crippen LogP) is 5.02. The molecule has 4 rings (SSSR count). The quantitative estimate of drug-likeness (QED) is 0.218. The Labute approximate surface area is 205 Å². The van der Waals surface area contributed by atoms with Crippen molar-refractivity contribution in [2.24, 2.45) is 0 Å². The Morgan fingerprint density at radius 1 is 1.09 bits per heavy atom. The van der Waals surface area contributed by atoms with Crippen LogP contribution in [-0.2, 0) is 9.59 Å². The fraction of sp³-hybridized carbons (Fsp3) is 0.320. The van der Waals surface area contributed by atoms with Gasteiger partial charge in [0.2, 0.25) is 5.91 Å². The van der Waals surface area contributed by atoms with E-state index in [0.717, 1.165) is 35.1 Å². The van der Waals surface area contributed by atoms with E-state index in [0.29, 0.717) is 18.7 Å². The number of imide groups is 1. The molecule has 8 nitrogen and oxygen atoms in total. The number of non-ortho nitro benzene ring substituents is 1. The smallest absolute Gasteiger partial charge is 0.269 e. The zero-order valence-corrected chi connectivity index (χ0v) is 20.1. The number of nitrogens with zero attached hydrogens (tertiary/aromatic N) is 3. The molecule has 0 aromatic heterocycles. The fourth-order valence-corrected chi connectivity index (χ4v) is 4.67. The summed E-state index contributed by atoms with van der Waals surface area (Å²) in [6.45, 7) is 0.291. The summed E-state index contributed by atoms with van der Waals surface area (Å²) in [6, 6.07) is 11.2. The SMILES string of the molecule is O=C1CC(N(CCC2=CCCCC2)C(=O)c2ccc([N+](=O)[O-])cc2)C(=O)N1c1ccc(Br)cc1. The number of nitro groups is 1. The molecule has 176 valence electrons. The van der Waals surface area contributed by atoms with E-state index in [9.17, 15) is 24.5 Å². The van der Waals surface area contributed by atoms with Gasteiger partial charge in [0, 0.05) is 28.7 Å². The fourth-order valence-electron chi connectivity index (χ4n) is 4.41. The van der Waals surface area contributed by atoms with Gasteiger partial charge in [-0.05, 0) is 68.5 Å². The number of carbonyl (C=O) groups excluding carboxylic acids is 3. The molecule has 1 saturated heterocycles. The molecule has 0 N–H and O–H groups in total. The van der Waals surface area contributed by atoms with Crippen molar-refractivity contribution in [3.05, 3.63) is 80.3 Å². The maximum atomic E-state index is 13.5. The molecule has 1 fully saturated rings. The van der Waals surface area contributed by atoms with Gasteiger partial charge >= 0.3 is 0 Å². The normalized spacial score (nSPS) is 18.1. The molecule has 0 radical (unpaired) electrons. The second-order valence-electron chi connectivity index (χ2n) is 8.42. The van der Waals surface area contributed by atoms with E-state index >= 15 is 0 Å². The van der Waals surface area contributed by atoms with Crippen molar-refractivity contribution in [2.75, 3.05) is 11.4 Å². The molecule has 2 aromatic carbocycles. The molecule has 3 amide bonds. The van der Waals surface area contributed by atoms with Crippen molar-refractivity contribution in [2.45, 2.75) is 44.6 Å². The number of carbonyl (C=O) groups is 3. The Balaban J connectivity index is 1.61. The number of amides is 3. The van der Waals surface area contributed by atoms with E-state index in [1.807, 2.05) is 0 Å². The zero-order chi connectivity index (χ0) is 24.2. The largest absolute Gasteiger partial charge is 0.326 e. The molecule has 1 heterocycles. The Kier molecular flexibility index (Phi) is 7.21. The van der Waals surface area contributed by atoms with Crippen LogP contribution in [0.15, 0.2) is 64.7 Å². The van der Waals surface area contributed by atoms with Crippen molar-refractivity contribution in [1.82, 2.24) is 4.90 Å². The molecule has 0 bridgehead atoms. The Morgan fingerprint density at radius 2 is 1.79 bits per heavy atom. The Hall–Kier alpha value is -3.33. The van der Waals surface area contributed by atoms with Gasteiger partial charge in [-0.3, -0.25) is 24.5 Å². The van der Waals surface area contributed by atoms with Crippen LogP contribution >= 0.6 is 15.9 Å². The third-order valence-electron chi connectivity index (χ3n) is 6.23. The first-order valence-corrected chi connectivity index (χ1v) is 12.0. The summed E-state index contributed by atoms with van der Waals surface area (Å²) in [7, 11) is 0. The van der Waals surface area contributed by atoms with Crippen molar-refractivity contribution in [3.63, 3.8) is 0 Å². The van der Waals surface area contributed by atoms with E-state index in [4.69, 9.17) is 0 Å². The van der Waals surface area contributed by atoms with Gasteiger partial charge in [-0.1, -0.05) is 27.6 Å². The van der Waals surface area contributed by atoms with Crippen LogP contribution < -0.4 is 4.90 Å². The molecule has 34 heavy (non-hydrogen) atoms. The first kappa shape index (κ1) is 23.8. The molecular weight excluding hydrogens is 502 g/mol. The summed E-state index contributed by atoms with van der Waals surface area (Å²) in [5, 5.41) is 11.0. The Morgan fingerprint density at radius 3 is 2.41 bits per heavy atom. The van der Waals surface area contributed by atoms with Gasteiger partial charge in [0.1, 0.15) is 6.04 Å². The van der Waals surface area contributed by atoms with Crippen molar-refractivity contribution in [3.8, 4) is 0 Å². The summed E-state index contributed by atoms with van der Waals surface area (Å²) in [5.74, 6) is -1.23. The summed E-state index contributed by atoms with van der Waals surface area (Å²) in [5.41, 5.74) is 1.82. The van der Waals surface area contributed by atoms with Gasteiger partial charge in [-0.2, -0.15) is 0 Å². The van der Waals surface area contributed by atoms with E-state index in [2.05, 4.69) is 22.0 Å². The number of halogens is 1. The maximum absolute atomic E-state index is 13.5. The number of allylic oxidation sites excluding steroid dienone is 1. The Bertz CT molecular complexity index is 1140. The lowest BCUT2D eigenvalue weighted by molar-refractivity contribution is -0.384. The van der Waals surface area contributed by atoms with Crippen LogP contribution in [0.3, 0.4) is 0 Å². The monoisotopic (exact) mass is 525 g/mol. The number of hydrogen-bond donors (Lipinski definition) is 0. The maximum Gasteiger partial charge on any atom is 0.269 e. The minimum atomic E-state index is -0.928. The van der Waals surface area contributed by atoms with Crippen molar-refractivity contribution >= 4 is 45.0 Å². The molecule has 1 atom stereocenters. The lowest BCUT2D eigenvalue weighted by Crippen LogP contribution is -2.46. The van der Waals surface area contributed by atoms with Crippen LogP contribution in [0.25, 0.3) is 0 Å². The highest BCUT2D eigenvalue weighted by molar-refractivity contribution is 9.10. The van der Waals surface area contributed by atoms with Gasteiger partial charge < -0.3 is 4.90 Å². The minimum absolute atomic E-state index is 0.104. The van der Waals surface area contributed by atoms with Gasteiger partial charge in [0.05, 0.1) is 17.0 Å². The number of anilines is 1. The van der Waals surface area contributed by atoms with Crippen LogP contribution in [0.4, 0.5) is 11.4 Å². The molecule has 1 aliphatic heterocycles. The minimum Gasteiger partial charge on any atom is -0.326 e. The lowest BCUT2D eigenvalue weighted by Gasteiger charge is -2.28. The molecule has 0 spiro atoms. The number of benzene rings is 2. The molecule has 1 unspecified atom stereocenters. The molecule has 0 saturated carbocycles. The average molecular weight is 526 g/mol.